The lowest BCUT2D eigenvalue weighted by atomic mass is 9.80. The Morgan fingerprint density at radius 1 is 1.00 bits per heavy atom. The molecule has 2 fully saturated rings. The van der Waals surface area contributed by atoms with Crippen molar-refractivity contribution in [2.24, 2.45) is 0 Å². The van der Waals surface area contributed by atoms with Crippen LogP contribution in [0.1, 0.15) is 32.1 Å². The Morgan fingerprint density at radius 2 is 1.65 bits per heavy atom. The van der Waals surface area contributed by atoms with Crippen LogP contribution < -0.4 is 15.5 Å². The summed E-state index contributed by atoms with van der Waals surface area (Å²) in [4.78, 5) is 4.38. The quantitative estimate of drug-likeness (QED) is 0.820. The van der Waals surface area contributed by atoms with Crippen molar-refractivity contribution in [2.45, 2.75) is 37.6 Å². The Morgan fingerprint density at radius 3 is 2.25 bits per heavy atom. The summed E-state index contributed by atoms with van der Waals surface area (Å²) < 4.78 is 0. The van der Waals surface area contributed by atoms with Crippen LogP contribution in [0.15, 0.2) is 30.3 Å². The first kappa shape index (κ1) is 13.9. The van der Waals surface area contributed by atoms with E-state index in [0.717, 1.165) is 6.54 Å². The molecule has 1 heterocycles. The predicted octanol–water partition coefficient (Wildman–Crippen LogP) is 0.336. The summed E-state index contributed by atoms with van der Waals surface area (Å²) in [5.41, 5.74) is 6.19. The molecule has 4 N–H and O–H groups in total. The number of nitrogens with one attached hydrogen (secondary N) is 1. The Labute approximate surface area is 122 Å². The van der Waals surface area contributed by atoms with E-state index in [9.17, 15) is 0 Å². The van der Waals surface area contributed by atoms with Gasteiger partial charge in [0, 0.05) is 18.5 Å². The van der Waals surface area contributed by atoms with Crippen molar-refractivity contribution in [3.63, 3.8) is 0 Å². The van der Waals surface area contributed by atoms with Crippen LogP contribution in [0.2, 0.25) is 0 Å². The van der Waals surface area contributed by atoms with Crippen molar-refractivity contribution in [3.8, 4) is 0 Å². The molecular formula is C17H29N3+2. The highest BCUT2D eigenvalue weighted by Crippen LogP contribution is 2.25. The van der Waals surface area contributed by atoms with E-state index >= 15 is 0 Å². The van der Waals surface area contributed by atoms with Crippen LogP contribution in [-0.2, 0) is 0 Å². The van der Waals surface area contributed by atoms with E-state index in [1.54, 1.807) is 0 Å². The van der Waals surface area contributed by atoms with Gasteiger partial charge in [-0.05, 0) is 25.0 Å². The monoisotopic (exact) mass is 275 g/mol. The minimum absolute atomic E-state index is 0.501. The molecule has 0 amide bonds. The maximum Gasteiger partial charge on any atom is 0.147 e. The van der Waals surface area contributed by atoms with Gasteiger partial charge in [-0.3, -0.25) is 0 Å². The molecule has 3 rings (SSSR count). The average Bonchev–Trinajstić information content (AvgIpc) is 2.56. The van der Waals surface area contributed by atoms with E-state index in [2.05, 4.69) is 41.0 Å². The molecule has 0 aromatic heterocycles. The molecule has 110 valence electrons. The number of hydrogen-bond donors (Lipinski definition) is 2. The fourth-order valence-corrected chi connectivity index (χ4v) is 4.21. The number of anilines is 1. The number of rotatable bonds is 3. The second kappa shape index (κ2) is 6.15. The molecule has 1 saturated heterocycles. The van der Waals surface area contributed by atoms with Crippen molar-refractivity contribution >= 4 is 5.69 Å². The van der Waals surface area contributed by atoms with Crippen LogP contribution >= 0.6 is 0 Å². The van der Waals surface area contributed by atoms with Gasteiger partial charge in [0.1, 0.15) is 12.1 Å². The fraction of sp³-hybridized carbons (Fsp3) is 0.647. The minimum Gasteiger partial charge on any atom is -0.360 e. The standard InChI is InChI=1S/C17H27N3/c18-15-17(9-5-2-6-10-17)20-13-11-19(12-14-20)16-7-3-1-4-8-16/h1,3-4,7-8H,2,5-6,9-15,18H2/p+2. The molecule has 0 atom stereocenters. The van der Waals surface area contributed by atoms with Gasteiger partial charge < -0.3 is 15.5 Å². The Bertz CT molecular complexity index is 404. The van der Waals surface area contributed by atoms with Gasteiger partial charge in [-0.1, -0.05) is 24.6 Å². The van der Waals surface area contributed by atoms with Crippen LogP contribution in [0.3, 0.4) is 0 Å². The third-order valence-electron chi connectivity index (χ3n) is 5.53. The van der Waals surface area contributed by atoms with Crippen molar-refractivity contribution < 1.29 is 10.6 Å². The lowest BCUT2D eigenvalue weighted by Gasteiger charge is -2.45. The van der Waals surface area contributed by atoms with Crippen molar-refractivity contribution in [2.75, 3.05) is 37.6 Å². The van der Waals surface area contributed by atoms with Crippen molar-refractivity contribution in [1.82, 2.24) is 0 Å². The molecule has 1 aromatic rings. The summed E-state index contributed by atoms with van der Waals surface area (Å²) in [7, 11) is 0. The highest BCUT2D eigenvalue weighted by molar-refractivity contribution is 5.46. The highest BCUT2D eigenvalue weighted by Gasteiger charge is 2.43. The van der Waals surface area contributed by atoms with Gasteiger partial charge in [-0.2, -0.15) is 0 Å². The second-order valence-electron chi connectivity index (χ2n) is 6.52. The second-order valence-corrected chi connectivity index (χ2v) is 6.52. The van der Waals surface area contributed by atoms with E-state index < -0.39 is 0 Å². The number of para-hydroxylation sites is 1. The molecule has 0 unspecified atom stereocenters. The Balaban J connectivity index is 1.63. The minimum atomic E-state index is 0.501. The molecule has 0 spiro atoms. The number of quaternary nitrogens is 2. The van der Waals surface area contributed by atoms with E-state index in [1.165, 1.54) is 64.0 Å². The van der Waals surface area contributed by atoms with Crippen LogP contribution in [-0.4, -0.2) is 38.3 Å². The molecule has 3 nitrogen and oxygen atoms in total. The first-order chi connectivity index (χ1) is 9.84. The average molecular weight is 275 g/mol. The molecule has 20 heavy (non-hydrogen) atoms. The SMILES string of the molecule is [NH3+]CC1([NH+]2CCN(c3ccccc3)CC2)CCCCC1. The first-order valence-corrected chi connectivity index (χ1v) is 8.28. The maximum atomic E-state index is 4.30. The van der Waals surface area contributed by atoms with Crippen molar-refractivity contribution in [3.05, 3.63) is 30.3 Å². The van der Waals surface area contributed by atoms with E-state index in [-0.39, 0.29) is 0 Å². The lowest BCUT2D eigenvalue weighted by Crippen LogP contribution is -3.24. The van der Waals surface area contributed by atoms with Gasteiger partial charge in [0.25, 0.3) is 0 Å². The zero-order chi connectivity index (χ0) is 13.8. The van der Waals surface area contributed by atoms with Gasteiger partial charge in [0.05, 0.1) is 26.2 Å². The molecule has 0 bridgehead atoms. The van der Waals surface area contributed by atoms with Gasteiger partial charge >= 0.3 is 0 Å². The summed E-state index contributed by atoms with van der Waals surface area (Å²) in [6.45, 7) is 6.07. The topological polar surface area (TPSA) is 35.3 Å². The first-order valence-electron chi connectivity index (χ1n) is 8.28. The summed E-state index contributed by atoms with van der Waals surface area (Å²) in [5, 5.41) is 0. The van der Waals surface area contributed by atoms with Crippen LogP contribution in [0, 0.1) is 0 Å². The Kier molecular flexibility index (Phi) is 4.27. The van der Waals surface area contributed by atoms with Crippen LogP contribution in [0.25, 0.3) is 0 Å². The van der Waals surface area contributed by atoms with Crippen LogP contribution in [0.5, 0.6) is 0 Å². The summed E-state index contributed by atoms with van der Waals surface area (Å²) >= 11 is 0. The zero-order valence-corrected chi connectivity index (χ0v) is 12.6. The summed E-state index contributed by atoms with van der Waals surface area (Å²) in [6, 6.07) is 10.9. The number of benzene rings is 1. The zero-order valence-electron chi connectivity index (χ0n) is 12.6. The highest BCUT2D eigenvalue weighted by atomic mass is 15.3. The molecule has 1 aliphatic carbocycles. The van der Waals surface area contributed by atoms with Gasteiger partial charge in [0.15, 0.2) is 0 Å². The van der Waals surface area contributed by atoms with Gasteiger partial charge in [-0.25, -0.2) is 0 Å². The van der Waals surface area contributed by atoms with Crippen molar-refractivity contribution in [1.29, 1.82) is 0 Å². The summed E-state index contributed by atoms with van der Waals surface area (Å²) in [6.07, 6.45) is 7.07. The van der Waals surface area contributed by atoms with E-state index in [4.69, 9.17) is 0 Å². The largest absolute Gasteiger partial charge is 0.360 e. The normalized spacial score (nSPS) is 23.8. The molecule has 0 radical (unpaired) electrons. The maximum absolute atomic E-state index is 4.30. The number of piperazine rings is 1. The number of nitrogens with zero attached hydrogens (tertiary/aromatic N) is 1. The van der Waals surface area contributed by atoms with Gasteiger partial charge in [-0.15, -0.1) is 0 Å². The third kappa shape index (κ3) is 2.70. The molecule has 1 saturated carbocycles. The lowest BCUT2D eigenvalue weighted by molar-refractivity contribution is -0.961. The predicted molar refractivity (Wildman–Crippen MR) is 82.9 cm³/mol. The third-order valence-corrected chi connectivity index (χ3v) is 5.53. The smallest absolute Gasteiger partial charge is 0.147 e. The molecule has 2 aliphatic rings. The van der Waals surface area contributed by atoms with E-state index in [0.29, 0.717) is 5.54 Å². The fourth-order valence-electron chi connectivity index (χ4n) is 4.21. The molecule has 1 aliphatic heterocycles. The Hall–Kier alpha value is -1.06. The molecule has 3 heteroatoms. The molecule has 1 aromatic carbocycles. The molecular weight excluding hydrogens is 246 g/mol. The van der Waals surface area contributed by atoms with Crippen LogP contribution in [0.4, 0.5) is 5.69 Å². The van der Waals surface area contributed by atoms with E-state index in [1.807, 2.05) is 4.90 Å². The van der Waals surface area contributed by atoms with Gasteiger partial charge in [0.2, 0.25) is 0 Å². The number of hydrogen-bond acceptors (Lipinski definition) is 1. The summed E-state index contributed by atoms with van der Waals surface area (Å²) in [5.74, 6) is 0.